The number of hydrogen-bond acceptors (Lipinski definition) is 3. The molecular formula is C14H26O3. The van der Waals surface area contributed by atoms with Gasteiger partial charge in [0.05, 0.1) is 13.2 Å². The highest BCUT2D eigenvalue weighted by molar-refractivity contribution is 4.90. The zero-order valence-electron chi connectivity index (χ0n) is 10.7. The molecule has 0 radical (unpaired) electrons. The van der Waals surface area contributed by atoms with Crippen LogP contribution in [0.2, 0.25) is 0 Å². The summed E-state index contributed by atoms with van der Waals surface area (Å²) in [5.41, 5.74) is -0.224. The Morgan fingerprint density at radius 3 is 2.06 bits per heavy atom. The molecule has 0 aromatic carbocycles. The lowest BCUT2D eigenvalue weighted by molar-refractivity contribution is -0.0319. The summed E-state index contributed by atoms with van der Waals surface area (Å²) in [5, 5.41) is 19.6. The molecule has 0 amide bonds. The van der Waals surface area contributed by atoms with E-state index in [1.165, 1.54) is 25.7 Å². The Kier molecular flexibility index (Phi) is 4.83. The zero-order valence-corrected chi connectivity index (χ0v) is 10.7. The van der Waals surface area contributed by atoms with E-state index < -0.39 is 0 Å². The van der Waals surface area contributed by atoms with Crippen LogP contribution in [0, 0.1) is 17.3 Å². The van der Waals surface area contributed by atoms with Gasteiger partial charge in [0, 0.05) is 18.6 Å². The first-order valence-corrected chi connectivity index (χ1v) is 7.10. The maximum Gasteiger partial charge on any atom is 0.0512 e. The molecule has 17 heavy (non-hydrogen) atoms. The van der Waals surface area contributed by atoms with Crippen LogP contribution in [0.25, 0.3) is 0 Å². The van der Waals surface area contributed by atoms with E-state index >= 15 is 0 Å². The second-order valence-electron chi connectivity index (χ2n) is 5.92. The molecule has 2 fully saturated rings. The summed E-state index contributed by atoms with van der Waals surface area (Å²) in [6.45, 7) is 1.99. The molecule has 0 aromatic heterocycles. The summed E-state index contributed by atoms with van der Waals surface area (Å²) in [6.07, 6.45) is 8.06. The molecule has 0 bridgehead atoms. The third kappa shape index (κ3) is 3.01. The Bertz CT molecular complexity index is 214. The molecule has 3 nitrogen and oxygen atoms in total. The zero-order chi connectivity index (χ0) is 12.1. The van der Waals surface area contributed by atoms with Gasteiger partial charge in [0.2, 0.25) is 0 Å². The van der Waals surface area contributed by atoms with Crippen molar-refractivity contribution >= 4 is 0 Å². The molecule has 1 saturated carbocycles. The van der Waals surface area contributed by atoms with Gasteiger partial charge in [0.1, 0.15) is 0 Å². The Morgan fingerprint density at radius 1 is 0.941 bits per heavy atom. The number of aliphatic hydroxyl groups is 2. The Hall–Kier alpha value is -0.120. The lowest BCUT2D eigenvalue weighted by Crippen LogP contribution is -2.39. The second-order valence-corrected chi connectivity index (χ2v) is 5.92. The topological polar surface area (TPSA) is 49.7 Å². The normalized spacial score (nSPS) is 24.4. The van der Waals surface area contributed by atoms with Gasteiger partial charge in [-0.15, -0.1) is 0 Å². The second kappa shape index (κ2) is 6.17. The highest BCUT2D eigenvalue weighted by Crippen LogP contribution is 2.44. The Balaban J connectivity index is 1.98. The van der Waals surface area contributed by atoms with E-state index in [9.17, 15) is 10.2 Å². The van der Waals surface area contributed by atoms with E-state index in [1.807, 2.05) is 0 Å². The molecule has 3 heteroatoms. The molecule has 1 saturated heterocycles. The number of ether oxygens (including phenoxy) is 1. The number of rotatable bonds is 5. The van der Waals surface area contributed by atoms with Gasteiger partial charge in [-0.2, -0.15) is 0 Å². The minimum atomic E-state index is -0.224. The summed E-state index contributed by atoms with van der Waals surface area (Å²) < 4.78 is 5.38. The van der Waals surface area contributed by atoms with Crippen molar-refractivity contribution in [3.63, 3.8) is 0 Å². The third-order valence-corrected chi connectivity index (χ3v) is 4.89. The van der Waals surface area contributed by atoms with Crippen LogP contribution in [-0.2, 0) is 4.74 Å². The van der Waals surface area contributed by atoms with Crippen LogP contribution in [0.5, 0.6) is 0 Å². The average Bonchev–Trinajstić information content (AvgIpc) is 2.92. The fourth-order valence-electron chi connectivity index (χ4n) is 3.67. The van der Waals surface area contributed by atoms with Crippen molar-refractivity contribution in [2.75, 3.05) is 26.4 Å². The fourth-order valence-corrected chi connectivity index (χ4v) is 3.67. The summed E-state index contributed by atoms with van der Waals surface area (Å²) in [5.74, 6) is 1.16. The van der Waals surface area contributed by atoms with Crippen LogP contribution in [0.1, 0.15) is 44.9 Å². The summed E-state index contributed by atoms with van der Waals surface area (Å²) in [6, 6.07) is 0. The van der Waals surface area contributed by atoms with Gasteiger partial charge in [-0.3, -0.25) is 0 Å². The summed E-state index contributed by atoms with van der Waals surface area (Å²) in [7, 11) is 0. The minimum Gasteiger partial charge on any atom is -0.396 e. The van der Waals surface area contributed by atoms with Crippen molar-refractivity contribution in [2.24, 2.45) is 17.3 Å². The highest BCUT2D eigenvalue weighted by atomic mass is 16.5. The van der Waals surface area contributed by atoms with Crippen molar-refractivity contribution in [3.05, 3.63) is 0 Å². The van der Waals surface area contributed by atoms with E-state index in [1.54, 1.807) is 0 Å². The van der Waals surface area contributed by atoms with E-state index in [4.69, 9.17) is 4.74 Å². The maximum absolute atomic E-state index is 9.78. The predicted octanol–water partition coefficient (Wildman–Crippen LogP) is 1.96. The van der Waals surface area contributed by atoms with Crippen molar-refractivity contribution in [3.8, 4) is 0 Å². The van der Waals surface area contributed by atoms with Gasteiger partial charge < -0.3 is 14.9 Å². The van der Waals surface area contributed by atoms with Crippen molar-refractivity contribution in [2.45, 2.75) is 44.9 Å². The van der Waals surface area contributed by atoms with Crippen molar-refractivity contribution < 1.29 is 14.9 Å². The largest absolute Gasteiger partial charge is 0.396 e. The molecule has 2 rings (SSSR count). The van der Waals surface area contributed by atoms with Gasteiger partial charge in [-0.05, 0) is 43.9 Å². The molecule has 2 N–H and O–H groups in total. The van der Waals surface area contributed by atoms with Gasteiger partial charge in [0.25, 0.3) is 0 Å². The van der Waals surface area contributed by atoms with E-state index in [2.05, 4.69) is 0 Å². The maximum atomic E-state index is 9.78. The van der Waals surface area contributed by atoms with Gasteiger partial charge in [-0.1, -0.05) is 12.8 Å². The minimum absolute atomic E-state index is 0.144. The summed E-state index contributed by atoms with van der Waals surface area (Å²) >= 11 is 0. The van der Waals surface area contributed by atoms with Crippen LogP contribution in [0.3, 0.4) is 0 Å². The summed E-state index contributed by atoms with van der Waals surface area (Å²) in [4.78, 5) is 0. The number of aliphatic hydroxyl groups excluding tert-OH is 2. The Morgan fingerprint density at radius 2 is 1.53 bits per heavy atom. The monoisotopic (exact) mass is 242 g/mol. The molecule has 2 aliphatic rings. The molecular weight excluding hydrogens is 216 g/mol. The van der Waals surface area contributed by atoms with Crippen LogP contribution in [0.15, 0.2) is 0 Å². The molecule has 0 atom stereocenters. The van der Waals surface area contributed by atoms with Crippen LogP contribution in [-0.4, -0.2) is 36.6 Å². The number of hydrogen-bond donors (Lipinski definition) is 2. The molecule has 100 valence electrons. The van der Waals surface area contributed by atoms with Crippen molar-refractivity contribution in [1.82, 2.24) is 0 Å². The predicted molar refractivity (Wildman–Crippen MR) is 66.7 cm³/mol. The molecule has 1 aliphatic carbocycles. The lowest BCUT2D eigenvalue weighted by atomic mass is 9.69. The van der Waals surface area contributed by atoms with Gasteiger partial charge >= 0.3 is 0 Å². The SMILES string of the molecule is OCC(CO)(CC1CCOCC1)C1CCCC1. The van der Waals surface area contributed by atoms with E-state index in [0.717, 1.165) is 32.5 Å². The standard InChI is InChI=1S/C14H26O3/c15-10-14(11-16,13-3-1-2-4-13)9-12-5-7-17-8-6-12/h12-13,15-16H,1-11H2. The van der Waals surface area contributed by atoms with Crippen molar-refractivity contribution in [1.29, 1.82) is 0 Å². The molecule has 0 spiro atoms. The van der Waals surface area contributed by atoms with Gasteiger partial charge in [-0.25, -0.2) is 0 Å². The third-order valence-electron chi connectivity index (χ3n) is 4.89. The average molecular weight is 242 g/mol. The smallest absolute Gasteiger partial charge is 0.0512 e. The highest BCUT2D eigenvalue weighted by Gasteiger charge is 2.41. The molecule has 0 unspecified atom stereocenters. The lowest BCUT2D eigenvalue weighted by Gasteiger charge is -2.39. The van der Waals surface area contributed by atoms with Gasteiger partial charge in [0.15, 0.2) is 0 Å². The quantitative estimate of drug-likeness (QED) is 0.775. The van der Waals surface area contributed by atoms with E-state index in [0.29, 0.717) is 11.8 Å². The molecule has 1 aliphatic heterocycles. The molecule has 1 heterocycles. The van der Waals surface area contributed by atoms with Crippen LogP contribution < -0.4 is 0 Å². The first-order valence-electron chi connectivity index (χ1n) is 7.10. The fraction of sp³-hybridized carbons (Fsp3) is 1.00. The van der Waals surface area contributed by atoms with Crippen LogP contribution >= 0.6 is 0 Å². The Labute approximate surface area is 104 Å². The first kappa shape index (κ1) is 13.3. The first-order chi connectivity index (χ1) is 8.30. The molecule has 0 aromatic rings. The van der Waals surface area contributed by atoms with Crippen LogP contribution in [0.4, 0.5) is 0 Å². The van der Waals surface area contributed by atoms with E-state index in [-0.39, 0.29) is 18.6 Å².